The van der Waals surface area contributed by atoms with Crippen molar-refractivity contribution in [1.82, 2.24) is 0 Å². The molecule has 0 aliphatic carbocycles. The second kappa shape index (κ2) is 14.8. The van der Waals surface area contributed by atoms with Crippen molar-refractivity contribution in [3.8, 4) is 0 Å². The van der Waals surface area contributed by atoms with Crippen molar-refractivity contribution in [2.24, 2.45) is 11.5 Å². The van der Waals surface area contributed by atoms with E-state index >= 15 is 0 Å². The van der Waals surface area contributed by atoms with E-state index in [4.69, 9.17) is 31.9 Å². The summed E-state index contributed by atoms with van der Waals surface area (Å²) in [7, 11) is 2.41. The van der Waals surface area contributed by atoms with Crippen LogP contribution in [0.5, 0.6) is 0 Å². The molecule has 132 valence electrons. The van der Waals surface area contributed by atoms with E-state index < -0.39 is 36.2 Å². The Morgan fingerprint density at radius 2 is 1.14 bits per heavy atom. The average Bonchev–Trinajstić information content (AvgIpc) is 2.49. The van der Waals surface area contributed by atoms with Gasteiger partial charge in [-0.1, -0.05) is 21.6 Å². The zero-order chi connectivity index (χ0) is 17.7. The van der Waals surface area contributed by atoms with Crippen LogP contribution in [-0.4, -0.2) is 79.7 Å². The lowest BCUT2D eigenvalue weighted by molar-refractivity contribution is -0.138. The predicted octanol–water partition coefficient (Wildman–Crippen LogP) is -1.24. The van der Waals surface area contributed by atoms with Crippen LogP contribution >= 0.6 is 46.8 Å². The monoisotopic (exact) mass is 394 g/mol. The van der Waals surface area contributed by atoms with E-state index in [9.17, 15) is 9.59 Å². The molecule has 0 amide bonds. The fourth-order valence-corrected chi connectivity index (χ4v) is 3.34. The summed E-state index contributed by atoms with van der Waals surface area (Å²) in [4.78, 5) is 20.5. The van der Waals surface area contributed by atoms with Crippen LogP contribution in [0.15, 0.2) is 0 Å². The Bertz CT molecular complexity index is 296. The third kappa shape index (κ3) is 13.8. The van der Waals surface area contributed by atoms with Gasteiger partial charge in [-0.25, -0.2) is 0 Å². The summed E-state index contributed by atoms with van der Waals surface area (Å²) in [5.41, 5.74) is 10.4. The Balaban J connectivity index is 0. The Kier molecular flexibility index (Phi) is 16.4. The van der Waals surface area contributed by atoms with E-state index in [1.165, 1.54) is 21.6 Å². The molecule has 8 nitrogen and oxygen atoms in total. The molecule has 4 unspecified atom stereocenters. The van der Waals surface area contributed by atoms with Gasteiger partial charge in [0.15, 0.2) is 0 Å². The van der Waals surface area contributed by atoms with Gasteiger partial charge in [-0.15, -0.1) is 0 Å². The molecule has 0 rings (SSSR count). The molecule has 0 fully saturated rings. The van der Waals surface area contributed by atoms with Gasteiger partial charge in [-0.05, 0) is 0 Å². The smallest absolute Gasteiger partial charge is 0.321 e. The SMILES string of the molecule is NC(CSSCC(N)C(=O)O)C(=O)O.OC(CS)C(O)CS. The maximum Gasteiger partial charge on any atom is 0.321 e. The van der Waals surface area contributed by atoms with E-state index in [1.54, 1.807) is 0 Å². The van der Waals surface area contributed by atoms with Gasteiger partial charge >= 0.3 is 11.9 Å². The zero-order valence-electron chi connectivity index (χ0n) is 11.6. The number of hydrogen-bond donors (Lipinski definition) is 8. The second-order valence-corrected chi connectivity index (χ2v) is 7.24. The highest BCUT2D eigenvalue weighted by Crippen LogP contribution is 2.22. The highest BCUT2D eigenvalue weighted by atomic mass is 33.1. The number of thiol groups is 2. The molecule has 0 radical (unpaired) electrons. The van der Waals surface area contributed by atoms with Crippen LogP contribution in [0.25, 0.3) is 0 Å². The number of carbonyl (C=O) groups is 2. The molecule has 0 bridgehead atoms. The van der Waals surface area contributed by atoms with Crippen LogP contribution in [0.2, 0.25) is 0 Å². The number of rotatable bonds is 10. The van der Waals surface area contributed by atoms with E-state index in [1.807, 2.05) is 0 Å². The first-order valence-corrected chi connectivity index (χ1v) is 9.71. The molecule has 0 aliphatic rings. The molecular formula is C10H22N2O6S4. The molecule has 4 atom stereocenters. The van der Waals surface area contributed by atoms with Crippen LogP contribution < -0.4 is 11.5 Å². The minimum atomic E-state index is -1.07. The van der Waals surface area contributed by atoms with E-state index in [0.717, 1.165) is 0 Å². The summed E-state index contributed by atoms with van der Waals surface area (Å²) < 4.78 is 0. The van der Waals surface area contributed by atoms with Gasteiger partial charge in [-0.3, -0.25) is 9.59 Å². The fourth-order valence-electron chi connectivity index (χ4n) is 0.629. The molecule has 0 spiro atoms. The number of nitrogens with two attached hydrogens (primary N) is 2. The molecule has 8 N–H and O–H groups in total. The summed E-state index contributed by atoms with van der Waals surface area (Å²) in [6, 6.07) is -1.85. The maximum atomic E-state index is 10.3. The Morgan fingerprint density at radius 3 is 1.32 bits per heavy atom. The van der Waals surface area contributed by atoms with Gasteiger partial charge in [0, 0.05) is 23.0 Å². The first-order chi connectivity index (χ1) is 10.2. The van der Waals surface area contributed by atoms with Crippen LogP contribution in [0.1, 0.15) is 0 Å². The molecule has 0 heterocycles. The molecule has 12 heteroatoms. The number of carboxylic acids is 2. The van der Waals surface area contributed by atoms with Crippen molar-refractivity contribution in [1.29, 1.82) is 0 Å². The number of aliphatic hydroxyl groups excluding tert-OH is 2. The van der Waals surface area contributed by atoms with Crippen LogP contribution in [0.3, 0.4) is 0 Å². The van der Waals surface area contributed by atoms with Gasteiger partial charge in [-0.2, -0.15) is 25.3 Å². The van der Waals surface area contributed by atoms with Gasteiger partial charge in [0.05, 0.1) is 12.2 Å². The molecule has 0 aliphatic heterocycles. The number of aliphatic carboxylic acids is 2. The van der Waals surface area contributed by atoms with Gasteiger partial charge in [0.1, 0.15) is 12.1 Å². The first kappa shape index (κ1) is 24.4. The lowest BCUT2D eigenvalue weighted by atomic mass is 10.3. The molecule has 0 aromatic carbocycles. The Labute approximate surface area is 147 Å². The zero-order valence-corrected chi connectivity index (χ0v) is 15.0. The van der Waals surface area contributed by atoms with Crippen LogP contribution in [-0.2, 0) is 9.59 Å². The molecule has 22 heavy (non-hydrogen) atoms. The highest BCUT2D eigenvalue weighted by molar-refractivity contribution is 8.76. The number of hydrogen-bond acceptors (Lipinski definition) is 10. The molecule has 0 saturated heterocycles. The fraction of sp³-hybridized carbons (Fsp3) is 0.800. The van der Waals surface area contributed by atoms with Crippen molar-refractivity contribution < 1.29 is 30.0 Å². The topological polar surface area (TPSA) is 167 Å². The number of carboxylic acid groups (broad SMARTS) is 2. The maximum absolute atomic E-state index is 10.3. The van der Waals surface area contributed by atoms with E-state index in [0.29, 0.717) is 0 Å². The average molecular weight is 395 g/mol. The molecular weight excluding hydrogens is 372 g/mol. The summed E-state index contributed by atoms with van der Waals surface area (Å²) in [6.45, 7) is 0. The quantitative estimate of drug-likeness (QED) is 0.127. The van der Waals surface area contributed by atoms with Gasteiger partial charge in [0.2, 0.25) is 0 Å². The minimum absolute atomic E-state index is 0.229. The predicted molar refractivity (Wildman–Crippen MR) is 95.9 cm³/mol. The van der Waals surface area contributed by atoms with Crippen molar-refractivity contribution in [2.45, 2.75) is 24.3 Å². The first-order valence-electron chi connectivity index (χ1n) is 5.96. The lowest BCUT2D eigenvalue weighted by Gasteiger charge is -2.11. The van der Waals surface area contributed by atoms with Crippen molar-refractivity contribution in [2.75, 3.05) is 23.0 Å². The largest absolute Gasteiger partial charge is 0.480 e. The summed E-state index contributed by atoms with van der Waals surface area (Å²) in [5.74, 6) is -1.12. The summed E-state index contributed by atoms with van der Waals surface area (Å²) in [5, 5.41) is 34.3. The van der Waals surface area contributed by atoms with Crippen LogP contribution in [0, 0.1) is 0 Å². The highest BCUT2D eigenvalue weighted by Gasteiger charge is 2.14. The Morgan fingerprint density at radius 1 is 0.864 bits per heavy atom. The van der Waals surface area contributed by atoms with E-state index in [2.05, 4.69) is 25.3 Å². The molecule has 0 aromatic rings. The van der Waals surface area contributed by atoms with Gasteiger partial charge < -0.3 is 31.9 Å². The summed E-state index contributed by atoms with van der Waals surface area (Å²) >= 11 is 7.53. The van der Waals surface area contributed by atoms with Crippen molar-refractivity contribution in [3.05, 3.63) is 0 Å². The summed E-state index contributed by atoms with van der Waals surface area (Å²) in [6.07, 6.45) is -1.48. The van der Waals surface area contributed by atoms with Crippen molar-refractivity contribution >= 4 is 58.8 Å². The normalized spacial score (nSPS) is 15.9. The Hall–Kier alpha value is 0.180. The third-order valence-corrected chi connectivity index (χ3v) is 5.25. The van der Waals surface area contributed by atoms with Crippen molar-refractivity contribution in [3.63, 3.8) is 0 Å². The lowest BCUT2D eigenvalue weighted by Crippen LogP contribution is -2.33. The second-order valence-electron chi connectivity index (χ2n) is 3.96. The third-order valence-electron chi connectivity index (χ3n) is 2.03. The number of aliphatic hydroxyl groups is 2. The van der Waals surface area contributed by atoms with Gasteiger partial charge in [0.25, 0.3) is 0 Å². The minimum Gasteiger partial charge on any atom is -0.480 e. The standard InChI is InChI=1S/C6H12N2O4S2.C4H10O2S2/c7-3(5(9)10)1-13-14-2-4(8)6(11)12;5-3(1-7)4(6)2-8/h3-4H,1-2,7-8H2,(H,9,10)(H,11,12);3-8H,1-2H2. The van der Waals surface area contributed by atoms with E-state index in [-0.39, 0.29) is 23.0 Å². The molecule has 0 saturated carbocycles. The van der Waals surface area contributed by atoms with Crippen LogP contribution in [0.4, 0.5) is 0 Å². The molecule has 0 aromatic heterocycles.